The second-order valence-electron chi connectivity index (χ2n) is 30.5. The van der Waals surface area contributed by atoms with Gasteiger partial charge in [0.2, 0.25) is 40.1 Å². The van der Waals surface area contributed by atoms with Crippen LogP contribution in [-0.2, 0) is 120 Å². The Morgan fingerprint density at radius 1 is 0.298 bits per heavy atom. The van der Waals surface area contributed by atoms with Gasteiger partial charge in [-0.25, -0.2) is 33.7 Å². The zero-order chi connectivity index (χ0) is 68.0. The Bertz CT molecular complexity index is 3400. The van der Waals surface area contributed by atoms with E-state index in [9.17, 15) is 73.3 Å². The summed E-state index contributed by atoms with van der Waals surface area (Å²) in [7, 11) is -15.1. The number of aliphatic carboxylic acids is 4. The SMILES string of the molecule is CC(C)(C)c1ccc(S(=O)(=O)N2[C@H]3CC[C@H](C3)[C@@H]2C(=O)O)cc1.CC(C)(C)c1ccc(S(=O)(=O)N2[C@H]3CC[C@H](C3)[C@@H]2C(=O)O)cc1.CC(C)(C)c1ccc(S(=O)(=O)N2[C@H]3CC[C@H](C3)[C@@H]2C(=O)O)cc1.CC(C)(C)c1ccc(S(=O)(=O)N2[C@H]3CC[C@H](C3)[C@@H]2C(=O)O)cc1.[Rh].[Rh]. The number of carboxylic acid groups (broad SMARTS) is 4. The van der Waals surface area contributed by atoms with Crippen molar-refractivity contribution in [3.05, 3.63) is 119 Å². The molecule has 2 radical (unpaired) electrons. The maximum atomic E-state index is 13.0. The summed E-state index contributed by atoms with van der Waals surface area (Å²) in [6.07, 6.45) is 8.89. The normalized spacial score (nSPS) is 27.6. The van der Waals surface area contributed by atoms with E-state index >= 15 is 0 Å². The van der Waals surface area contributed by atoms with Crippen LogP contribution in [0.3, 0.4) is 0 Å². The van der Waals surface area contributed by atoms with Gasteiger partial charge < -0.3 is 20.4 Å². The van der Waals surface area contributed by atoms with E-state index in [1.165, 1.54) is 17.2 Å². The van der Waals surface area contributed by atoms with Crippen molar-refractivity contribution in [2.45, 2.75) is 250 Å². The van der Waals surface area contributed by atoms with Crippen LogP contribution in [0.5, 0.6) is 0 Å². The topological polar surface area (TPSA) is 299 Å². The van der Waals surface area contributed by atoms with Crippen LogP contribution in [0.25, 0.3) is 0 Å². The van der Waals surface area contributed by atoms with Gasteiger partial charge in [-0.1, -0.05) is 132 Å². The Morgan fingerprint density at radius 2 is 0.447 bits per heavy atom. The summed E-state index contributed by atoms with van der Waals surface area (Å²) in [5.41, 5.74) is 3.97. The predicted molar refractivity (Wildman–Crippen MR) is 347 cm³/mol. The molecule has 0 aromatic heterocycles. The van der Waals surface area contributed by atoms with Crippen molar-refractivity contribution in [3.63, 3.8) is 0 Å². The Kier molecular flexibility index (Phi) is 23.0. The molecule has 4 heterocycles. The number of rotatable bonds is 12. The first-order chi connectivity index (χ1) is 42.5. The monoisotopic (exact) mass is 1550 g/mol. The van der Waals surface area contributed by atoms with Gasteiger partial charge in [-0.15, -0.1) is 0 Å². The first kappa shape index (κ1) is 77.0. The van der Waals surface area contributed by atoms with Gasteiger partial charge in [-0.3, -0.25) is 19.2 Å². The fourth-order valence-corrected chi connectivity index (χ4v) is 22.9. The van der Waals surface area contributed by atoms with Crippen molar-refractivity contribution < 1.29 is 112 Å². The predicted octanol–water partition coefficient (Wildman–Crippen LogP) is 10.4. The van der Waals surface area contributed by atoms with Crippen LogP contribution < -0.4 is 0 Å². The second kappa shape index (κ2) is 28.1. The molecule has 4 aromatic rings. The first-order valence-electron chi connectivity index (χ1n) is 32.0. The summed E-state index contributed by atoms with van der Waals surface area (Å²) < 4.78 is 109. The summed E-state index contributed by atoms with van der Waals surface area (Å²) in [6.45, 7) is 24.8. The second-order valence-corrected chi connectivity index (χ2v) is 37.9. The third kappa shape index (κ3) is 15.3. The molecule has 8 fully saturated rings. The molecule has 12 atom stereocenters. The Morgan fingerprint density at radius 3 is 0.574 bits per heavy atom. The van der Waals surface area contributed by atoms with Gasteiger partial charge in [0.25, 0.3) is 0 Å². The summed E-state index contributed by atoms with van der Waals surface area (Å²) in [5, 5.41) is 37.8. The molecule has 20 nitrogen and oxygen atoms in total. The molecule has 522 valence electrons. The number of carbonyl (C=O) groups is 4. The van der Waals surface area contributed by atoms with E-state index < -0.39 is 88.1 Å². The molecule has 8 bridgehead atoms. The van der Waals surface area contributed by atoms with E-state index in [2.05, 4.69) is 83.1 Å². The molecule has 12 rings (SSSR count). The van der Waals surface area contributed by atoms with Crippen molar-refractivity contribution in [2.24, 2.45) is 23.7 Å². The smallest absolute Gasteiger partial charge is 0.322 e. The standard InChI is InChI=1S/4C17H23NO4S.2Rh/c4*1-17(2,3)12-5-8-14(9-6-12)23(21,22)18-13-7-4-11(10-13)15(18)16(19)20;;/h4*5-6,8-9,11,13,15H,4,7,10H2,1-3H3,(H,19,20);;/t4*11-,13+,15-;;/m1111../s1. The number of benzene rings is 4. The molecule has 26 heteroatoms. The van der Waals surface area contributed by atoms with E-state index in [1.54, 1.807) is 48.5 Å². The van der Waals surface area contributed by atoms with E-state index in [-0.39, 0.29) is 128 Å². The summed E-state index contributed by atoms with van der Waals surface area (Å²) in [4.78, 5) is 47.0. The molecule has 0 unspecified atom stereocenters. The number of hydrogen-bond acceptors (Lipinski definition) is 12. The summed E-state index contributed by atoms with van der Waals surface area (Å²) in [5.74, 6) is -4.36. The van der Waals surface area contributed by atoms with Crippen molar-refractivity contribution >= 4 is 64.0 Å². The van der Waals surface area contributed by atoms with Gasteiger partial charge >= 0.3 is 23.9 Å². The van der Waals surface area contributed by atoms with Crippen LogP contribution in [0.15, 0.2) is 117 Å². The molecular formula is C68H92N4O16Rh2S4. The molecule has 8 aliphatic rings. The summed E-state index contributed by atoms with van der Waals surface area (Å²) in [6, 6.07) is 23.0. The van der Waals surface area contributed by atoms with Crippen LogP contribution in [0, 0.1) is 23.7 Å². The number of fused-ring (bicyclic) bond motifs is 8. The number of sulfonamides is 4. The molecule has 4 aliphatic heterocycles. The minimum Gasteiger partial charge on any atom is -0.480 e. The van der Waals surface area contributed by atoms with Gasteiger partial charge in [0.15, 0.2) is 0 Å². The van der Waals surface area contributed by atoms with Crippen LogP contribution in [0.2, 0.25) is 0 Å². The van der Waals surface area contributed by atoms with E-state index in [0.29, 0.717) is 25.7 Å². The number of nitrogens with zero attached hydrogens (tertiary/aromatic N) is 4. The average molecular weight is 1560 g/mol. The Labute approximate surface area is 581 Å². The van der Waals surface area contributed by atoms with Gasteiger partial charge in [-0.2, -0.15) is 17.2 Å². The molecule has 94 heavy (non-hydrogen) atoms. The van der Waals surface area contributed by atoms with Gasteiger partial charge in [0.05, 0.1) is 19.6 Å². The quantitative estimate of drug-likeness (QED) is 0.0959. The Balaban J connectivity index is 0.000000176. The van der Waals surface area contributed by atoms with Gasteiger partial charge in [-0.05, 0) is 193 Å². The van der Waals surface area contributed by atoms with E-state index in [4.69, 9.17) is 0 Å². The van der Waals surface area contributed by atoms with Crippen LogP contribution in [0.4, 0.5) is 0 Å². The largest absolute Gasteiger partial charge is 0.480 e. The molecule has 0 amide bonds. The van der Waals surface area contributed by atoms with Crippen molar-refractivity contribution in [2.75, 3.05) is 0 Å². The third-order valence-corrected chi connectivity index (χ3v) is 28.1. The molecule has 4 N–H and O–H groups in total. The average Bonchev–Trinajstić information content (AvgIpc) is 1.59. The molecular weight excluding hydrogens is 1460 g/mol. The van der Waals surface area contributed by atoms with E-state index in [1.807, 2.05) is 48.5 Å². The van der Waals surface area contributed by atoms with Crippen molar-refractivity contribution in [3.8, 4) is 0 Å². The van der Waals surface area contributed by atoms with Crippen LogP contribution in [-0.4, -0.2) is 144 Å². The molecule has 0 spiro atoms. The Hall–Kier alpha value is -4.35. The molecule has 4 aliphatic carbocycles. The molecule has 4 saturated heterocycles. The third-order valence-electron chi connectivity index (χ3n) is 20.3. The van der Waals surface area contributed by atoms with Gasteiger partial charge in [0, 0.05) is 63.1 Å². The zero-order valence-electron chi connectivity index (χ0n) is 55.4. The van der Waals surface area contributed by atoms with Gasteiger partial charge in [0.1, 0.15) is 24.2 Å². The fourth-order valence-electron chi connectivity index (χ4n) is 15.4. The van der Waals surface area contributed by atoms with E-state index in [0.717, 1.165) is 73.6 Å². The minimum absolute atomic E-state index is 0. The fraction of sp³-hybridized carbons (Fsp3) is 0.588. The van der Waals surface area contributed by atoms with Crippen molar-refractivity contribution in [1.82, 2.24) is 17.2 Å². The summed E-state index contributed by atoms with van der Waals surface area (Å²) >= 11 is 0. The maximum absolute atomic E-state index is 13.0. The van der Waals surface area contributed by atoms with Crippen LogP contribution in [0.1, 0.15) is 182 Å². The zero-order valence-corrected chi connectivity index (χ0v) is 62.0. The number of hydrogen-bond donors (Lipinski definition) is 4. The number of piperidine rings is 4. The number of carboxylic acids is 4. The van der Waals surface area contributed by atoms with Crippen molar-refractivity contribution in [1.29, 1.82) is 0 Å². The molecule has 4 aromatic carbocycles. The first-order valence-corrected chi connectivity index (χ1v) is 37.7. The minimum atomic E-state index is -3.77. The maximum Gasteiger partial charge on any atom is 0.322 e. The molecule has 4 saturated carbocycles. The van der Waals surface area contributed by atoms with Crippen LogP contribution >= 0.6 is 0 Å².